The van der Waals surface area contributed by atoms with Crippen LogP contribution in [0.3, 0.4) is 0 Å². The summed E-state index contributed by atoms with van der Waals surface area (Å²) < 4.78 is 37.9. The monoisotopic (exact) mass is 482 g/mol. The van der Waals surface area contributed by atoms with Crippen molar-refractivity contribution < 1.29 is 23.0 Å². The van der Waals surface area contributed by atoms with Crippen molar-refractivity contribution in [3.8, 4) is 11.8 Å². The Bertz CT molecular complexity index is 1140. The van der Waals surface area contributed by atoms with Crippen LogP contribution in [0.5, 0.6) is 5.75 Å². The van der Waals surface area contributed by atoms with E-state index in [1.165, 1.54) is 31.5 Å². The molecular formula is C26H28F2N4O3. The molecule has 9 heteroatoms. The molecule has 0 aliphatic heterocycles. The summed E-state index contributed by atoms with van der Waals surface area (Å²) in [5.74, 6) is -1.40. The SMILES string of the molecule is CCC(CCNc1ccc(C#N)cc1NC(=O)/C=C/C(=C\C=NC)OC)Oc1ccc(F)cc1F. The molecular weight excluding hydrogens is 454 g/mol. The number of aliphatic imine (C=N–C) groups is 1. The van der Waals surface area contributed by atoms with E-state index in [0.717, 1.165) is 12.1 Å². The Morgan fingerprint density at radius 2 is 2.00 bits per heavy atom. The fourth-order valence-electron chi connectivity index (χ4n) is 3.01. The summed E-state index contributed by atoms with van der Waals surface area (Å²) in [6, 6.07) is 10.1. The number of carbonyl (C=O) groups is 1. The van der Waals surface area contributed by atoms with Crippen LogP contribution in [0.1, 0.15) is 25.3 Å². The summed E-state index contributed by atoms with van der Waals surface area (Å²) in [5, 5.41) is 15.2. The van der Waals surface area contributed by atoms with E-state index < -0.39 is 17.5 Å². The lowest BCUT2D eigenvalue weighted by molar-refractivity contribution is -0.111. The topological polar surface area (TPSA) is 95.7 Å². The highest BCUT2D eigenvalue weighted by molar-refractivity contribution is 6.01. The molecule has 0 fully saturated rings. The van der Waals surface area contributed by atoms with Gasteiger partial charge in [0.1, 0.15) is 17.7 Å². The average Bonchev–Trinajstić information content (AvgIpc) is 2.85. The van der Waals surface area contributed by atoms with Crippen LogP contribution < -0.4 is 15.4 Å². The molecule has 0 radical (unpaired) electrons. The van der Waals surface area contributed by atoms with Gasteiger partial charge in [-0.1, -0.05) is 6.92 Å². The van der Waals surface area contributed by atoms with Gasteiger partial charge in [-0.05, 0) is 48.9 Å². The maximum atomic E-state index is 13.9. The van der Waals surface area contributed by atoms with Gasteiger partial charge >= 0.3 is 0 Å². The number of rotatable bonds is 12. The van der Waals surface area contributed by atoms with Crippen LogP contribution in [0.15, 0.2) is 65.4 Å². The molecule has 2 aromatic carbocycles. The number of halogens is 2. The van der Waals surface area contributed by atoms with Gasteiger partial charge < -0.3 is 20.1 Å². The van der Waals surface area contributed by atoms with Gasteiger partial charge in [-0.15, -0.1) is 0 Å². The average molecular weight is 483 g/mol. The van der Waals surface area contributed by atoms with Crippen molar-refractivity contribution in [3.05, 3.63) is 77.6 Å². The predicted molar refractivity (Wildman–Crippen MR) is 133 cm³/mol. The van der Waals surface area contributed by atoms with E-state index in [1.807, 2.05) is 13.0 Å². The molecule has 0 aromatic heterocycles. The Morgan fingerprint density at radius 3 is 2.66 bits per heavy atom. The standard InChI is InChI=1S/C26H28F2N4O3/c1-4-20(35-25-9-6-19(27)16-22(25)28)12-14-31-23-8-5-18(17-29)15-24(23)32-26(33)10-7-21(34-3)11-13-30-2/h5-11,13,15-16,20,31H,4,12,14H2,1-3H3,(H,32,33)/b10-7+,21-11+,30-13?. The minimum absolute atomic E-state index is 0.00829. The Morgan fingerprint density at radius 1 is 1.20 bits per heavy atom. The highest BCUT2D eigenvalue weighted by atomic mass is 19.1. The van der Waals surface area contributed by atoms with Gasteiger partial charge in [0.05, 0.1) is 30.1 Å². The molecule has 2 rings (SSSR count). The molecule has 0 heterocycles. The van der Waals surface area contributed by atoms with E-state index >= 15 is 0 Å². The van der Waals surface area contributed by atoms with Crippen molar-refractivity contribution >= 4 is 23.5 Å². The number of ether oxygens (including phenoxy) is 2. The van der Waals surface area contributed by atoms with Crippen molar-refractivity contribution in [1.82, 2.24) is 0 Å². The number of nitriles is 1. The number of carbonyl (C=O) groups excluding carboxylic acids is 1. The van der Waals surface area contributed by atoms with Crippen LogP contribution in [-0.2, 0) is 9.53 Å². The molecule has 0 aliphatic rings. The van der Waals surface area contributed by atoms with Crippen LogP contribution >= 0.6 is 0 Å². The summed E-state index contributed by atoms with van der Waals surface area (Å²) >= 11 is 0. The number of hydrogen-bond acceptors (Lipinski definition) is 6. The highest BCUT2D eigenvalue weighted by Gasteiger charge is 2.13. The van der Waals surface area contributed by atoms with Gasteiger partial charge in [-0.3, -0.25) is 9.79 Å². The second kappa shape index (κ2) is 14.2. The minimum atomic E-state index is -0.755. The molecule has 1 atom stereocenters. The molecule has 7 nitrogen and oxygen atoms in total. The predicted octanol–water partition coefficient (Wildman–Crippen LogP) is 5.22. The molecule has 1 unspecified atom stereocenters. The highest BCUT2D eigenvalue weighted by Crippen LogP contribution is 2.24. The summed E-state index contributed by atoms with van der Waals surface area (Å²) in [7, 11) is 3.10. The van der Waals surface area contributed by atoms with E-state index in [1.54, 1.807) is 31.3 Å². The zero-order valence-corrected chi connectivity index (χ0v) is 19.8. The van der Waals surface area contributed by atoms with Crippen LogP contribution in [0, 0.1) is 23.0 Å². The molecule has 2 N–H and O–H groups in total. The van der Waals surface area contributed by atoms with Gasteiger partial charge in [0, 0.05) is 38.4 Å². The Balaban J connectivity index is 2.05. The largest absolute Gasteiger partial charge is 0.497 e. The number of benzene rings is 2. The minimum Gasteiger partial charge on any atom is -0.497 e. The summed E-state index contributed by atoms with van der Waals surface area (Å²) in [4.78, 5) is 16.3. The first-order valence-corrected chi connectivity index (χ1v) is 10.9. The lowest BCUT2D eigenvalue weighted by Gasteiger charge is -2.19. The molecule has 35 heavy (non-hydrogen) atoms. The number of nitrogens with one attached hydrogen (secondary N) is 2. The molecule has 2 aromatic rings. The normalized spacial score (nSPS) is 12.4. The third-order valence-corrected chi connectivity index (χ3v) is 4.85. The van der Waals surface area contributed by atoms with E-state index in [4.69, 9.17) is 9.47 Å². The fraction of sp³-hybridized carbons (Fsp3) is 0.269. The van der Waals surface area contributed by atoms with Crippen molar-refractivity contribution in [2.75, 3.05) is 31.3 Å². The smallest absolute Gasteiger partial charge is 0.248 e. The van der Waals surface area contributed by atoms with Gasteiger partial charge in [0.25, 0.3) is 0 Å². The Kier molecular flexibility index (Phi) is 10.9. The second-order valence-corrected chi connectivity index (χ2v) is 7.31. The van der Waals surface area contributed by atoms with Crippen molar-refractivity contribution in [2.24, 2.45) is 4.99 Å². The van der Waals surface area contributed by atoms with E-state index in [2.05, 4.69) is 15.6 Å². The third kappa shape index (κ3) is 8.93. The van der Waals surface area contributed by atoms with Gasteiger partial charge in [-0.2, -0.15) is 5.26 Å². The van der Waals surface area contributed by atoms with Crippen molar-refractivity contribution in [1.29, 1.82) is 5.26 Å². The van der Waals surface area contributed by atoms with E-state index in [9.17, 15) is 18.8 Å². The lowest BCUT2D eigenvalue weighted by Crippen LogP contribution is -2.20. The van der Waals surface area contributed by atoms with Gasteiger partial charge in [0.15, 0.2) is 11.6 Å². The summed E-state index contributed by atoms with van der Waals surface area (Å²) in [6.45, 7) is 2.35. The second-order valence-electron chi connectivity index (χ2n) is 7.31. The van der Waals surface area contributed by atoms with Gasteiger partial charge in [0.2, 0.25) is 5.91 Å². The summed E-state index contributed by atoms with van der Waals surface area (Å²) in [5.41, 5.74) is 1.41. The lowest BCUT2D eigenvalue weighted by atomic mass is 10.1. The third-order valence-electron chi connectivity index (χ3n) is 4.85. The molecule has 0 bridgehead atoms. The summed E-state index contributed by atoms with van der Waals surface area (Å²) in [6.07, 6.45) is 6.76. The Labute approximate surface area is 203 Å². The van der Waals surface area contributed by atoms with Crippen LogP contribution in [0.4, 0.5) is 20.2 Å². The zero-order chi connectivity index (χ0) is 25.6. The maximum absolute atomic E-state index is 13.9. The zero-order valence-electron chi connectivity index (χ0n) is 19.8. The van der Waals surface area contributed by atoms with Crippen LogP contribution in [0.2, 0.25) is 0 Å². The molecule has 0 saturated heterocycles. The van der Waals surface area contributed by atoms with E-state index in [-0.39, 0.29) is 11.9 Å². The molecule has 184 valence electrons. The van der Waals surface area contributed by atoms with E-state index in [0.29, 0.717) is 42.1 Å². The van der Waals surface area contributed by atoms with Gasteiger partial charge in [-0.25, -0.2) is 8.78 Å². The number of hydrogen-bond donors (Lipinski definition) is 2. The quantitative estimate of drug-likeness (QED) is 0.187. The molecule has 0 spiro atoms. The molecule has 0 aliphatic carbocycles. The fourth-order valence-corrected chi connectivity index (χ4v) is 3.01. The molecule has 1 amide bonds. The first-order chi connectivity index (χ1) is 16.9. The number of amides is 1. The van der Waals surface area contributed by atoms with Crippen molar-refractivity contribution in [2.45, 2.75) is 25.9 Å². The number of methoxy groups -OCH3 is 1. The first kappa shape index (κ1) is 27.1. The van der Waals surface area contributed by atoms with Crippen LogP contribution in [0.25, 0.3) is 0 Å². The van der Waals surface area contributed by atoms with Crippen LogP contribution in [-0.4, -0.2) is 38.9 Å². The maximum Gasteiger partial charge on any atom is 0.248 e. The molecule has 0 saturated carbocycles. The number of anilines is 2. The number of nitrogens with zero attached hydrogens (tertiary/aromatic N) is 2. The Hall–Kier alpha value is -4.19. The van der Waals surface area contributed by atoms with Crippen molar-refractivity contribution in [3.63, 3.8) is 0 Å². The number of allylic oxidation sites excluding steroid dienone is 2. The first-order valence-electron chi connectivity index (χ1n) is 10.9.